The van der Waals surface area contributed by atoms with Gasteiger partial charge >= 0.3 is 0 Å². The van der Waals surface area contributed by atoms with Crippen molar-refractivity contribution in [3.8, 4) is 67.5 Å². The van der Waals surface area contributed by atoms with Gasteiger partial charge in [-0.3, -0.25) is 0 Å². The van der Waals surface area contributed by atoms with Crippen molar-refractivity contribution in [2.75, 3.05) is 0 Å². The Bertz CT molecular complexity index is 3140. The maximum atomic E-state index is 5.02. The van der Waals surface area contributed by atoms with E-state index in [1.807, 2.05) is 60.7 Å². The molecule has 1 aromatic heterocycles. The van der Waals surface area contributed by atoms with Crippen LogP contribution in [0.4, 0.5) is 0 Å². The first-order valence-corrected chi connectivity index (χ1v) is 19.5. The highest BCUT2D eigenvalue weighted by molar-refractivity contribution is 6.06. The van der Waals surface area contributed by atoms with E-state index >= 15 is 0 Å². The average molecular weight is 724 g/mol. The van der Waals surface area contributed by atoms with E-state index in [0.717, 1.165) is 27.8 Å². The van der Waals surface area contributed by atoms with Gasteiger partial charge in [-0.2, -0.15) is 0 Å². The van der Waals surface area contributed by atoms with E-state index in [2.05, 4.69) is 140 Å². The minimum atomic E-state index is -0.436. The summed E-state index contributed by atoms with van der Waals surface area (Å²) in [5.41, 5.74) is 15.4. The Morgan fingerprint density at radius 1 is 0.281 bits per heavy atom. The monoisotopic (exact) mass is 723 g/mol. The molecule has 264 valence electrons. The number of hydrogen-bond donors (Lipinski definition) is 0. The molecule has 3 nitrogen and oxygen atoms in total. The maximum Gasteiger partial charge on any atom is 0.164 e. The van der Waals surface area contributed by atoms with Gasteiger partial charge < -0.3 is 0 Å². The molecule has 57 heavy (non-hydrogen) atoms. The molecule has 0 saturated heterocycles. The summed E-state index contributed by atoms with van der Waals surface area (Å²) >= 11 is 0. The fourth-order valence-corrected chi connectivity index (χ4v) is 9.62. The van der Waals surface area contributed by atoms with Gasteiger partial charge in [-0.15, -0.1) is 0 Å². The van der Waals surface area contributed by atoms with Crippen LogP contribution >= 0.6 is 0 Å². The van der Waals surface area contributed by atoms with Crippen LogP contribution in [0.15, 0.2) is 200 Å². The molecule has 2 aliphatic rings. The Hall–Kier alpha value is -7.49. The Morgan fingerprint density at radius 3 is 1.53 bits per heavy atom. The van der Waals surface area contributed by atoms with E-state index in [4.69, 9.17) is 15.0 Å². The lowest BCUT2D eigenvalue weighted by Gasteiger charge is -2.31. The van der Waals surface area contributed by atoms with Gasteiger partial charge in [0.2, 0.25) is 0 Å². The molecule has 12 rings (SSSR count). The number of fused-ring (bicyclic) bond motifs is 13. The van der Waals surface area contributed by atoms with Crippen molar-refractivity contribution in [3.05, 3.63) is 222 Å². The number of aromatic nitrogens is 3. The fraction of sp³-hybridized carbons (Fsp3) is 0.0185. The Labute approximate surface area is 330 Å². The standard InChI is InChI=1S/C54H33N3/c1-3-15-35(16-4-1)51-55-52(36-17-5-2-6-18-36)57-53(56-51)40-20-13-19-37(30-40)38-26-27-39-32-46-45-29-28-34-14-7-8-21-42(34)50(45)54(49(46)33-41(39)31-38)47-24-11-9-22-43(47)44-23-10-12-25-48(44)54/h1-33H. The van der Waals surface area contributed by atoms with Gasteiger partial charge in [0.25, 0.3) is 0 Å². The molecule has 9 aromatic carbocycles. The summed E-state index contributed by atoms with van der Waals surface area (Å²) in [4.78, 5) is 15.0. The molecule has 0 fully saturated rings. The van der Waals surface area contributed by atoms with E-state index in [0.29, 0.717) is 17.5 Å². The molecule has 3 heteroatoms. The van der Waals surface area contributed by atoms with Gasteiger partial charge in [0.15, 0.2) is 17.5 Å². The topological polar surface area (TPSA) is 38.7 Å². The van der Waals surface area contributed by atoms with Crippen molar-refractivity contribution in [1.29, 1.82) is 0 Å². The van der Waals surface area contributed by atoms with Crippen molar-refractivity contribution < 1.29 is 0 Å². The van der Waals surface area contributed by atoms with Gasteiger partial charge in [0.1, 0.15) is 0 Å². The second-order valence-electron chi connectivity index (χ2n) is 15.1. The van der Waals surface area contributed by atoms with Crippen LogP contribution in [0.5, 0.6) is 0 Å². The van der Waals surface area contributed by atoms with E-state index in [9.17, 15) is 0 Å². The van der Waals surface area contributed by atoms with Gasteiger partial charge in [0.05, 0.1) is 5.41 Å². The lowest BCUT2D eigenvalue weighted by Crippen LogP contribution is -2.26. The molecule has 0 amide bonds. The largest absolute Gasteiger partial charge is 0.208 e. The van der Waals surface area contributed by atoms with Gasteiger partial charge in [0, 0.05) is 16.7 Å². The van der Waals surface area contributed by atoms with Gasteiger partial charge in [-0.25, -0.2) is 15.0 Å². The minimum absolute atomic E-state index is 0.436. The smallest absolute Gasteiger partial charge is 0.164 e. The molecule has 0 radical (unpaired) electrons. The van der Waals surface area contributed by atoms with Gasteiger partial charge in [-0.1, -0.05) is 176 Å². The molecular weight excluding hydrogens is 691 g/mol. The summed E-state index contributed by atoms with van der Waals surface area (Å²) in [5, 5.41) is 5.01. The molecule has 0 bridgehead atoms. The summed E-state index contributed by atoms with van der Waals surface area (Å²) in [6.07, 6.45) is 0. The SMILES string of the molecule is c1ccc(-c2nc(-c3ccccc3)nc(-c3cccc(-c4ccc5cc6c(cc5c4)C4(c5ccccc5-c5ccccc54)c4c-6ccc5ccccc45)c3)n2)cc1. The molecule has 10 aromatic rings. The molecule has 0 atom stereocenters. The first-order chi connectivity index (χ1) is 28.2. The van der Waals surface area contributed by atoms with Crippen molar-refractivity contribution >= 4 is 21.5 Å². The van der Waals surface area contributed by atoms with Crippen LogP contribution in [0.1, 0.15) is 22.3 Å². The lowest BCUT2D eigenvalue weighted by molar-refractivity contribution is 0.802. The maximum absolute atomic E-state index is 5.02. The molecule has 0 saturated carbocycles. The highest BCUT2D eigenvalue weighted by atomic mass is 15.0. The molecule has 1 spiro atoms. The van der Waals surface area contributed by atoms with E-state index in [-0.39, 0.29) is 0 Å². The third-order valence-electron chi connectivity index (χ3n) is 12.1. The zero-order valence-corrected chi connectivity index (χ0v) is 30.9. The van der Waals surface area contributed by atoms with Crippen LogP contribution in [0, 0.1) is 0 Å². The predicted octanol–water partition coefficient (Wildman–Crippen LogP) is 13.2. The van der Waals surface area contributed by atoms with Crippen molar-refractivity contribution in [2.45, 2.75) is 5.41 Å². The second kappa shape index (κ2) is 12.3. The zero-order valence-electron chi connectivity index (χ0n) is 30.9. The Balaban J connectivity index is 1.04. The fourth-order valence-electron chi connectivity index (χ4n) is 9.62. The highest BCUT2D eigenvalue weighted by Crippen LogP contribution is 2.64. The third kappa shape index (κ3) is 4.69. The van der Waals surface area contributed by atoms with Crippen molar-refractivity contribution in [2.24, 2.45) is 0 Å². The first-order valence-electron chi connectivity index (χ1n) is 19.5. The van der Waals surface area contributed by atoms with Crippen LogP contribution < -0.4 is 0 Å². The summed E-state index contributed by atoms with van der Waals surface area (Å²) < 4.78 is 0. The summed E-state index contributed by atoms with van der Waals surface area (Å²) in [7, 11) is 0. The summed E-state index contributed by atoms with van der Waals surface area (Å²) in [5.74, 6) is 1.96. The molecular formula is C54H33N3. The van der Waals surface area contributed by atoms with Crippen LogP contribution in [-0.4, -0.2) is 15.0 Å². The summed E-state index contributed by atoms with van der Waals surface area (Å²) in [6, 6.07) is 72.3. The minimum Gasteiger partial charge on any atom is -0.208 e. The Kier molecular flexibility index (Phi) is 6.84. The molecule has 0 N–H and O–H groups in total. The van der Waals surface area contributed by atoms with E-state index < -0.39 is 5.41 Å². The quantitative estimate of drug-likeness (QED) is 0.181. The average Bonchev–Trinajstić information content (AvgIpc) is 3.75. The number of nitrogens with zero attached hydrogens (tertiary/aromatic N) is 3. The van der Waals surface area contributed by atoms with E-state index in [1.54, 1.807) is 0 Å². The molecule has 0 aliphatic heterocycles. The molecule has 1 heterocycles. The van der Waals surface area contributed by atoms with Crippen LogP contribution in [0.2, 0.25) is 0 Å². The summed E-state index contributed by atoms with van der Waals surface area (Å²) in [6.45, 7) is 0. The van der Waals surface area contributed by atoms with Crippen LogP contribution in [0.3, 0.4) is 0 Å². The van der Waals surface area contributed by atoms with E-state index in [1.165, 1.54) is 66.1 Å². The molecule has 0 unspecified atom stereocenters. The van der Waals surface area contributed by atoms with Crippen LogP contribution in [-0.2, 0) is 5.41 Å². The lowest BCUT2D eigenvalue weighted by atomic mass is 9.69. The van der Waals surface area contributed by atoms with Gasteiger partial charge in [-0.05, 0) is 101 Å². The van der Waals surface area contributed by atoms with Crippen LogP contribution in [0.25, 0.3) is 89.1 Å². The normalized spacial score (nSPS) is 13.1. The zero-order chi connectivity index (χ0) is 37.5. The van der Waals surface area contributed by atoms with Crippen molar-refractivity contribution in [3.63, 3.8) is 0 Å². The third-order valence-corrected chi connectivity index (χ3v) is 12.1. The number of benzene rings is 9. The highest BCUT2D eigenvalue weighted by Gasteiger charge is 2.52. The van der Waals surface area contributed by atoms with Crippen molar-refractivity contribution in [1.82, 2.24) is 15.0 Å². The molecule has 2 aliphatic carbocycles. The second-order valence-corrected chi connectivity index (χ2v) is 15.1. The Morgan fingerprint density at radius 2 is 0.825 bits per heavy atom. The number of rotatable bonds is 4. The predicted molar refractivity (Wildman–Crippen MR) is 233 cm³/mol. The first kappa shape index (κ1) is 31.8. The number of hydrogen-bond acceptors (Lipinski definition) is 3.